The maximum absolute atomic E-state index is 9.69. The Morgan fingerprint density at radius 2 is 1.56 bits per heavy atom. The fraction of sp³-hybridized carbons (Fsp3) is 0.200. The molecule has 0 aliphatic heterocycles. The van der Waals surface area contributed by atoms with Gasteiger partial charge in [0.2, 0.25) is 0 Å². The summed E-state index contributed by atoms with van der Waals surface area (Å²) in [7, 11) is 0. The summed E-state index contributed by atoms with van der Waals surface area (Å²) < 4.78 is 0. The molecule has 0 unspecified atom stereocenters. The minimum Gasteiger partial charge on any atom is -0.507 e. The lowest BCUT2D eigenvalue weighted by molar-refractivity contribution is 0.466. The van der Waals surface area contributed by atoms with Gasteiger partial charge in [0.1, 0.15) is 5.75 Å². The van der Waals surface area contributed by atoms with E-state index in [9.17, 15) is 5.11 Å². The molecule has 0 atom stereocenters. The second-order valence-corrected chi connectivity index (χ2v) is 4.16. The van der Waals surface area contributed by atoms with Gasteiger partial charge in [0.25, 0.3) is 0 Å². The van der Waals surface area contributed by atoms with E-state index in [1.165, 1.54) is 11.1 Å². The Bertz CT molecular complexity index is 463. The van der Waals surface area contributed by atoms with Gasteiger partial charge in [-0.25, -0.2) is 0 Å². The first-order chi connectivity index (χ1) is 7.66. The summed E-state index contributed by atoms with van der Waals surface area (Å²) in [5.74, 6) is 0.408. The summed E-state index contributed by atoms with van der Waals surface area (Å²) >= 11 is 0. The molecular formula is C15H15O. The third kappa shape index (κ3) is 2.25. The molecule has 0 aromatic heterocycles. The first-order valence-electron chi connectivity index (χ1n) is 5.41. The predicted molar refractivity (Wildman–Crippen MR) is 65.7 cm³/mol. The Morgan fingerprint density at radius 3 is 2.12 bits per heavy atom. The normalized spacial score (nSPS) is 10.4. The highest BCUT2D eigenvalue weighted by atomic mass is 16.3. The lowest BCUT2D eigenvalue weighted by Crippen LogP contribution is -1.91. The van der Waals surface area contributed by atoms with E-state index >= 15 is 0 Å². The summed E-state index contributed by atoms with van der Waals surface area (Å²) in [6.07, 6.45) is 0.899. The van der Waals surface area contributed by atoms with Crippen LogP contribution in [0.15, 0.2) is 36.4 Å². The Morgan fingerprint density at radius 1 is 1.00 bits per heavy atom. The molecule has 0 saturated heterocycles. The van der Waals surface area contributed by atoms with Gasteiger partial charge < -0.3 is 5.11 Å². The lowest BCUT2D eigenvalue weighted by Gasteiger charge is -2.08. The Hall–Kier alpha value is -1.76. The molecule has 0 saturated carbocycles. The van der Waals surface area contributed by atoms with Gasteiger partial charge in [-0.1, -0.05) is 36.4 Å². The number of phenols is 1. The van der Waals surface area contributed by atoms with Crippen molar-refractivity contribution in [3.05, 3.63) is 64.7 Å². The van der Waals surface area contributed by atoms with Crippen molar-refractivity contribution in [1.82, 2.24) is 0 Å². The number of phenolic OH excluding ortho intramolecular Hbond substituents is 1. The number of aryl methyl sites for hydroxylation is 2. The summed E-state index contributed by atoms with van der Waals surface area (Å²) in [6.45, 7) is 3.87. The molecule has 81 valence electrons. The fourth-order valence-electron chi connectivity index (χ4n) is 1.92. The molecule has 1 N–H and O–H groups in total. The minimum atomic E-state index is 0.408. The molecule has 16 heavy (non-hydrogen) atoms. The quantitative estimate of drug-likeness (QED) is 0.807. The highest BCUT2D eigenvalue weighted by molar-refractivity contribution is 5.43. The molecule has 0 amide bonds. The fourth-order valence-corrected chi connectivity index (χ4v) is 1.92. The molecule has 0 aliphatic carbocycles. The molecule has 2 aromatic rings. The summed E-state index contributed by atoms with van der Waals surface area (Å²) in [5, 5.41) is 9.69. The van der Waals surface area contributed by atoms with Crippen LogP contribution in [0.3, 0.4) is 0 Å². The third-order valence-corrected chi connectivity index (χ3v) is 2.75. The average molecular weight is 211 g/mol. The van der Waals surface area contributed by atoms with Gasteiger partial charge in [-0.15, -0.1) is 0 Å². The molecule has 0 aliphatic rings. The van der Waals surface area contributed by atoms with E-state index in [4.69, 9.17) is 0 Å². The number of benzene rings is 2. The monoisotopic (exact) mass is 211 g/mol. The second kappa shape index (κ2) is 4.40. The summed E-state index contributed by atoms with van der Waals surface area (Å²) in [4.78, 5) is 0. The number of hydrogen-bond acceptors (Lipinski definition) is 1. The molecule has 0 spiro atoms. The van der Waals surface area contributed by atoms with Crippen LogP contribution in [0.2, 0.25) is 0 Å². The Balaban J connectivity index is 2.29. The Labute approximate surface area is 96.4 Å². The Kier molecular flexibility index (Phi) is 2.95. The van der Waals surface area contributed by atoms with Gasteiger partial charge in [-0.2, -0.15) is 0 Å². The molecule has 1 nitrogen and oxygen atoms in total. The molecule has 0 fully saturated rings. The zero-order chi connectivity index (χ0) is 11.5. The molecule has 2 aromatic carbocycles. The van der Waals surface area contributed by atoms with Crippen LogP contribution in [0.25, 0.3) is 0 Å². The largest absolute Gasteiger partial charge is 0.507 e. The van der Waals surface area contributed by atoms with Crippen LogP contribution < -0.4 is 0 Å². The van der Waals surface area contributed by atoms with Crippen molar-refractivity contribution < 1.29 is 5.11 Å². The van der Waals surface area contributed by atoms with E-state index in [1.54, 1.807) is 0 Å². The topological polar surface area (TPSA) is 20.2 Å². The third-order valence-electron chi connectivity index (χ3n) is 2.75. The molecule has 1 radical (unpaired) electrons. The van der Waals surface area contributed by atoms with E-state index < -0.39 is 0 Å². The predicted octanol–water partition coefficient (Wildman–Crippen LogP) is 3.40. The van der Waals surface area contributed by atoms with Crippen LogP contribution in [0.1, 0.15) is 22.3 Å². The van der Waals surface area contributed by atoms with Crippen molar-refractivity contribution in [1.29, 1.82) is 0 Å². The molecule has 0 heterocycles. The van der Waals surface area contributed by atoms with Crippen LogP contribution in [0.5, 0.6) is 5.75 Å². The van der Waals surface area contributed by atoms with E-state index in [0.717, 1.165) is 17.5 Å². The SMILES string of the molecule is Cc1cc(Cc2cc[c]cc2)cc(C)c1O. The van der Waals surface area contributed by atoms with E-state index in [2.05, 4.69) is 18.2 Å². The van der Waals surface area contributed by atoms with Crippen LogP contribution in [-0.4, -0.2) is 5.11 Å². The van der Waals surface area contributed by atoms with Gasteiger partial charge in [0.15, 0.2) is 0 Å². The number of rotatable bonds is 2. The highest BCUT2D eigenvalue weighted by Crippen LogP contribution is 2.24. The zero-order valence-electron chi connectivity index (χ0n) is 9.62. The van der Waals surface area contributed by atoms with Gasteiger partial charge in [0, 0.05) is 0 Å². The average Bonchev–Trinajstić information content (AvgIpc) is 2.27. The van der Waals surface area contributed by atoms with Gasteiger partial charge in [-0.3, -0.25) is 0 Å². The lowest BCUT2D eigenvalue weighted by atomic mass is 10.00. The van der Waals surface area contributed by atoms with Crippen molar-refractivity contribution in [2.75, 3.05) is 0 Å². The van der Waals surface area contributed by atoms with Crippen molar-refractivity contribution in [3.63, 3.8) is 0 Å². The van der Waals surface area contributed by atoms with Crippen LogP contribution in [0, 0.1) is 19.9 Å². The standard InChI is InChI=1S/C15H15O/c1-11-8-14(9-12(2)15(11)16)10-13-6-4-3-5-7-13/h4-9,16H,10H2,1-2H3. The van der Waals surface area contributed by atoms with E-state index in [1.807, 2.05) is 38.1 Å². The number of aromatic hydroxyl groups is 1. The zero-order valence-corrected chi connectivity index (χ0v) is 9.62. The highest BCUT2D eigenvalue weighted by Gasteiger charge is 2.03. The van der Waals surface area contributed by atoms with Crippen LogP contribution >= 0.6 is 0 Å². The molecule has 2 rings (SSSR count). The van der Waals surface area contributed by atoms with E-state index in [-0.39, 0.29) is 0 Å². The van der Waals surface area contributed by atoms with Crippen LogP contribution in [0.4, 0.5) is 0 Å². The number of hydrogen-bond donors (Lipinski definition) is 1. The maximum Gasteiger partial charge on any atom is 0.121 e. The first kappa shape index (κ1) is 10.7. The molecular weight excluding hydrogens is 196 g/mol. The van der Waals surface area contributed by atoms with Gasteiger partial charge in [-0.05, 0) is 48.6 Å². The van der Waals surface area contributed by atoms with Gasteiger partial charge >= 0.3 is 0 Å². The van der Waals surface area contributed by atoms with Crippen molar-refractivity contribution in [2.24, 2.45) is 0 Å². The van der Waals surface area contributed by atoms with Crippen molar-refractivity contribution in [2.45, 2.75) is 20.3 Å². The minimum absolute atomic E-state index is 0.408. The maximum atomic E-state index is 9.69. The summed E-state index contributed by atoms with van der Waals surface area (Å²) in [5.41, 5.74) is 4.39. The van der Waals surface area contributed by atoms with Gasteiger partial charge in [0.05, 0.1) is 0 Å². The molecule has 1 heteroatoms. The van der Waals surface area contributed by atoms with Crippen molar-refractivity contribution >= 4 is 0 Å². The van der Waals surface area contributed by atoms with E-state index in [0.29, 0.717) is 5.75 Å². The summed E-state index contributed by atoms with van der Waals surface area (Å²) in [6, 6.07) is 15.1. The molecule has 0 bridgehead atoms. The van der Waals surface area contributed by atoms with Crippen molar-refractivity contribution in [3.8, 4) is 5.75 Å². The second-order valence-electron chi connectivity index (χ2n) is 4.16. The first-order valence-corrected chi connectivity index (χ1v) is 5.41. The van der Waals surface area contributed by atoms with Crippen LogP contribution in [-0.2, 0) is 6.42 Å². The smallest absolute Gasteiger partial charge is 0.121 e.